The van der Waals surface area contributed by atoms with E-state index in [0.29, 0.717) is 5.56 Å². The maximum Gasteiger partial charge on any atom is 0.401 e. The van der Waals surface area contributed by atoms with E-state index in [1.165, 1.54) is 12.1 Å². The summed E-state index contributed by atoms with van der Waals surface area (Å²) < 4.78 is 50.4. The number of halogens is 6. The molecule has 1 rings (SSSR count). The maximum atomic E-state index is 13.2. The lowest BCUT2D eigenvalue weighted by atomic mass is 10.2. The van der Waals surface area contributed by atoms with E-state index >= 15 is 0 Å². The van der Waals surface area contributed by atoms with Gasteiger partial charge in [-0.15, -0.1) is 11.6 Å². The molecule has 7 heteroatoms. The van der Waals surface area contributed by atoms with Gasteiger partial charge in [0.15, 0.2) is 0 Å². The van der Waals surface area contributed by atoms with Crippen LogP contribution in [0.2, 0.25) is 0 Å². The third-order valence-corrected chi connectivity index (χ3v) is 3.29. The average Bonchev–Trinajstić information content (AvgIpc) is 2.23. The predicted octanol–water partition coefficient (Wildman–Crippen LogP) is 4.19. The third kappa shape index (κ3) is 5.12. The summed E-state index contributed by atoms with van der Waals surface area (Å²) in [5.74, 6) is -0.409. The predicted molar refractivity (Wildman–Crippen MR) is 66.2 cm³/mol. The Morgan fingerprint density at radius 3 is 2.50 bits per heavy atom. The lowest BCUT2D eigenvalue weighted by Gasteiger charge is -2.23. The fraction of sp³-hybridized carbons (Fsp3) is 0.455. The molecule has 102 valence electrons. The summed E-state index contributed by atoms with van der Waals surface area (Å²) >= 11 is 8.49. The molecule has 0 bridgehead atoms. The van der Waals surface area contributed by atoms with Crippen molar-refractivity contribution in [1.82, 2.24) is 4.90 Å². The number of rotatable bonds is 5. The first-order valence-electron chi connectivity index (χ1n) is 5.11. The fourth-order valence-electron chi connectivity index (χ4n) is 1.50. The zero-order chi connectivity index (χ0) is 13.8. The van der Waals surface area contributed by atoms with Gasteiger partial charge in [-0.25, -0.2) is 4.39 Å². The van der Waals surface area contributed by atoms with E-state index in [1.807, 2.05) is 0 Å². The molecule has 0 radical (unpaired) electrons. The van der Waals surface area contributed by atoms with Crippen LogP contribution in [0.4, 0.5) is 17.6 Å². The van der Waals surface area contributed by atoms with E-state index in [-0.39, 0.29) is 23.4 Å². The summed E-state index contributed by atoms with van der Waals surface area (Å²) in [7, 11) is 0. The number of nitrogens with zero attached hydrogens (tertiary/aromatic N) is 1. The molecule has 0 aliphatic carbocycles. The van der Waals surface area contributed by atoms with Crippen LogP contribution in [0.5, 0.6) is 0 Å². The zero-order valence-corrected chi connectivity index (χ0v) is 11.6. The average molecular weight is 349 g/mol. The van der Waals surface area contributed by atoms with Gasteiger partial charge in [-0.2, -0.15) is 13.2 Å². The Kier molecular flexibility index (Phi) is 5.88. The molecule has 0 unspecified atom stereocenters. The Morgan fingerprint density at radius 2 is 1.94 bits per heavy atom. The van der Waals surface area contributed by atoms with Crippen LogP contribution in [0.3, 0.4) is 0 Å². The molecule has 1 nitrogen and oxygen atoms in total. The summed E-state index contributed by atoms with van der Waals surface area (Å²) in [4.78, 5) is 1.13. The number of alkyl halides is 4. The van der Waals surface area contributed by atoms with Gasteiger partial charge in [0.25, 0.3) is 0 Å². The summed E-state index contributed by atoms with van der Waals surface area (Å²) in [6, 6.07) is 4.27. The first kappa shape index (κ1) is 15.7. The number of benzene rings is 1. The smallest absolute Gasteiger partial charge is 0.289 e. The molecule has 0 saturated carbocycles. The van der Waals surface area contributed by atoms with Crippen molar-refractivity contribution in [2.45, 2.75) is 12.7 Å². The minimum atomic E-state index is -4.30. The van der Waals surface area contributed by atoms with Crippen LogP contribution in [0.15, 0.2) is 22.7 Å². The van der Waals surface area contributed by atoms with Gasteiger partial charge in [0.2, 0.25) is 0 Å². The molecule has 1 aromatic carbocycles. The molecule has 0 amide bonds. The molecule has 0 fully saturated rings. The minimum absolute atomic E-state index is 0.00935. The molecule has 1 aromatic rings. The Balaban J connectivity index is 2.80. The van der Waals surface area contributed by atoms with Crippen molar-refractivity contribution in [3.63, 3.8) is 0 Å². The molecule has 0 saturated heterocycles. The highest BCUT2D eigenvalue weighted by Crippen LogP contribution is 2.24. The lowest BCUT2D eigenvalue weighted by Crippen LogP contribution is -2.35. The first-order valence-corrected chi connectivity index (χ1v) is 6.44. The van der Waals surface area contributed by atoms with Crippen molar-refractivity contribution in [1.29, 1.82) is 0 Å². The first-order chi connectivity index (χ1) is 8.33. The Morgan fingerprint density at radius 1 is 1.28 bits per heavy atom. The van der Waals surface area contributed by atoms with Crippen molar-refractivity contribution in [3.8, 4) is 0 Å². The van der Waals surface area contributed by atoms with Crippen LogP contribution in [0.1, 0.15) is 5.56 Å². The fourth-order valence-corrected chi connectivity index (χ4v) is 2.13. The van der Waals surface area contributed by atoms with Crippen molar-refractivity contribution < 1.29 is 17.6 Å². The van der Waals surface area contributed by atoms with Gasteiger partial charge >= 0.3 is 6.18 Å². The molecule has 0 aliphatic rings. The Labute approximate surface area is 116 Å². The Bertz CT molecular complexity index is 397. The van der Waals surface area contributed by atoms with Crippen LogP contribution in [-0.2, 0) is 6.54 Å². The largest absolute Gasteiger partial charge is 0.401 e. The summed E-state index contributed by atoms with van der Waals surface area (Å²) in [5, 5.41) is 0. The van der Waals surface area contributed by atoms with E-state index < -0.39 is 18.5 Å². The van der Waals surface area contributed by atoms with Crippen LogP contribution >= 0.6 is 27.5 Å². The summed E-state index contributed by atoms with van der Waals surface area (Å²) in [5.41, 5.74) is 0.462. The molecule has 0 aromatic heterocycles. The highest BCUT2D eigenvalue weighted by atomic mass is 79.9. The van der Waals surface area contributed by atoms with E-state index in [4.69, 9.17) is 11.6 Å². The van der Waals surface area contributed by atoms with Crippen molar-refractivity contribution in [2.24, 2.45) is 0 Å². The molecule has 0 spiro atoms. The van der Waals surface area contributed by atoms with Crippen molar-refractivity contribution in [3.05, 3.63) is 34.1 Å². The molecule has 0 atom stereocenters. The van der Waals surface area contributed by atoms with E-state index in [1.54, 1.807) is 6.07 Å². The molecular weight excluding hydrogens is 337 g/mol. The highest BCUT2D eigenvalue weighted by molar-refractivity contribution is 9.10. The van der Waals surface area contributed by atoms with Gasteiger partial charge in [-0.05, 0) is 27.6 Å². The van der Waals surface area contributed by atoms with Crippen LogP contribution < -0.4 is 0 Å². The van der Waals surface area contributed by atoms with Crippen LogP contribution in [0.25, 0.3) is 0 Å². The SMILES string of the molecule is Fc1cccc(CN(CCCl)CC(F)(F)F)c1Br. The van der Waals surface area contributed by atoms with Crippen molar-refractivity contribution >= 4 is 27.5 Å². The van der Waals surface area contributed by atoms with Crippen molar-refractivity contribution in [2.75, 3.05) is 19.0 Å². The minimum Gasteiger partial charge on any atom is -0.289 e. The standard InChI is InChI=1S/C11H11BrClF4N/c12-10-8(2-1-3-9(10)14)6-18(5-4-13)7-11(15,16)17/h1-3H,4-7H2. The van der Waals surface area contributed by atoms with Gasteiger partial charge in [0.1, 0.15) is 5.82 Å². The number of hydrogen-bond acceptors (Lipinski definition) is 1. The molecule has 0 N–H and O–H groups in total. The monoisotopic (exact) mass is 347 g/mol. The van der Waals surface area contributed by atoms with Crippen LogP contribution in [0, 0.1) is 5.82 Å². The lowest BCUT2D eigenvalue weighted by molar-refractivity contribution is -0.146. The van der Waals surface area contributed by atoms with E-state index in [2.05, 4.69) is 15.9 Å². The van der Waals surface area contributed by atoms with Gasteiger partial charge in [-0.1, -0.05) is 12.1 Å². The summed E-state index contributed by atoms with van der Waals surface area (Å²) in [6.07, 6.45) is -4.30. The topological polar surface area (TPSA) is 3.24 Å². The quantitative estimate of drug-likeness (QED) is 0.570. The normalized spacial score (nSPS) is 12.2. The van der Waals surface area contributed by atoms with Crippen LogP contribution in [-0.4, -0.2) is 30.0 Å². The van der Waals surface area contributed by atoms with Gasteiger partial charge in [-0.3, -0.25) is 4.90 Å². The molecular formula is C11H11BrClF4N. The van der Waals surface area contributed by atoms with Gasteiger partial charge in [0.05, 0.1) is 11.0 Å². The van der Waals surface area contributed by atoms with Gasteiger partial charge in [0, 0.05) is 19.0 Å². The molecule has 18 heavy (non-hydrogen) atoms. The third-order valence-electron chi connectivity index (χ3n) is 2.23. The summed E-state index contributed by atoms with van der Waals surface area (Å²) in [6.45, 7) is -0.989. The molecule has 0 aliphatic heterocycles. The van der Waals surface area contributed by atoms with E-state index in [9.17, 15) is 17.6 Å². The Hall–Kier alpha value is -0.330. The second kappa shape index (κ2) is 6.73. The van der Waals surface area contributed by atoms with Gasteiger partial charge < -0.3 is 0 Å². The zero-order valence-electron chi connectivity index (χ0n) is 9.28. The second-order valence-corrected chi connectivity index (χ2v) is 4.90. The highest BCUT2D eigenvalue weighted by Gasteiger charge is 2.30. The second-order valence-electron chi connectivity index (χ2n) is 3.73. The maximum absolute atomic E-state index is 13.2. The molecule has 0 heterocycles. The number of hydrogen-bond donors (Lipinski definition) is 0. The van der Waals surface area contributed by atoms with E-state index in [0.717, 1.165) is 4.90 Å².